The fraction of sp³-hybridized carbons (Fsp3) is 0.700. The van der Waals surface area contributed by atoms with Gasteiger partial charge in [0, 0.05) is 12.2 Å². The molecule has 1 aromatic heterocycles. The summed E-state index contributed by atoms with van der Waals surface area (Å²) in [6, 6.07) is 2.07. The van der Waals surface area contributed by atoms with Crippen LogP contribution in [0.4, 0.5) is 8.78 Å². The molecular formula is C10H17F2N3. The number of aromatic nitrogens is 2. The second-order valence-electron chi connectivity index (χ2n) is 3.77. The Morgan fingerprint density at radius 3 is 2.53 bits per heavy atom. The lowest BCUT2D eigenvalue weighted by Crippen LogP contribution is -2.28. The Kier molecular flexibility index (Phi) is 4.20. The predicted octanol–water partition coefficient (Wildman–Crippen LogP) is 1.92. The highest BCUT2D eigenvalue weighted by Crippen LogP contribution is 2.09. The van der Waals surface area contributed by atoms with E-state index in [0.29, 0.717) is 6.54 Å². The van der Waals surface area contributed by atoms with Gasteiger partial charge in [0.15, 0.2) is 0 Å². The van der Waals surface area contributed by atoms with Crippen molar-refractivity contribution in [2.45, 2.75) is 33.2 Å². The number of alkyl halides is 2. The van der Waals surface area contributed by atoms with Crippen LogP contribution in [0.3, 0.4) is 0 Å². The number of hydrogen-bond donors (Lipinski definition) is 1. The Morgan fingerprint density at radius 1 is 1.40 bits per heavy atom. The molecule has 0 amide bonds. The van der Waals surface area contributed by atoms with E-state index in [0.717, 1.165) is 11.4 Å². The largest absolute Gasteiger partial charge is 0.309 e. The van der Waals surface area contributed by atoms with Crippen molar-refractivity contribution in [2.24, 2.45) is 0 Å². The first-order valence-electron chi connectivity index (χ1n) is 5.02. The maximum atomic E-state index is 11.9. The van der Waals surface area contributed by atoms with Gasteiger partial charge < -0.3 is 5.32 Å². The molecule has 0 aliphatic carbocycles. The molecule has 0 aliphatic rings. The normalized spacial score (nSPS) is 13.5. The van der Waals surface area contributed by atoms with Gasteiger partial charge in [-0.05, 0) is 26.8 Å². The number of halogens is 2. The highest BCUT2D eigenvalue weighted by atomic mass is 19.3. The van der Waals surface area contributed by atoms with Crippen LogP contribution in [0.5, 0.6) is 0 Å². The van der Waals surface area contributed by atoms with E-state index in [-0.39, 0.29) is 12.6 Å². The average molecular weight is 217 g/mol. The molecular weight excluding hydrogens is 200 g/mol. The van der Waals surface area contributed by atoms with Crippen LogP contribution in [0, 0.1) is 13.8 Å². The van der Waals surface area contributed by atoms with Crippen molar-refractivity contribution < 1.29 is 8.78 Å². The minimum Gasteiger partial charge on any atom is -0.309 e. The molecule has 15 heavy (non-hydrogen) atoms. The van der Waals surface area contributed by atoms with E-state index in [9.17, 15) is 8.78 Å². The fourth-order valence-corrected chi connectivity index (χ4v) is 1.58. The first-order valence-corrected chi connectivity index (χ1v) is 5.02. The summed E-state index contributed by atoms with van der Waals surface area (Å²) in [5, 5.41) is 7.01. The average Bonchev–Trinajstić information content (AvgIpc) is 2.44. The molecule has 0 radical (unpaired) electrons. The minimum absolute atomic E-state index is 0.0949. The van der Waals surface area contributed by atoms with Crippen LogP contribution in [0.2, 0.25) is 0 Å². The molecule has 5 heteroatoms. The SMILES string of the molecule is Cc1cc(C)n([C@H](C)CNCC(F)F)n1. The van der Waals surface area contributed by atoms with Gasteiger partial charge in [0.1, 0.15) is 0 Å². The number of rotatable bonds is 5. The third-order valence-electron chi connectivity index (χ3n) is 2.20. The maximum absolute atomic E-state index is 11.9. The topological polar surface area (TPSA) is 29.9 Å². The summed E-state index contributed by atoms with van der Waals surface area (Å²) >= 11 is 0. The van der Waals surface area contributed by atoms with Crippen LogP contribution < -0.4 is 5.32 Å². The zero-order chi connectivity index (χ0) is 11.4. The van der Waals surface area contributed by atoms with Crippen molar-refractivity contribution in [3.63, 3.8) is 0 Å². The molecule has 0 spiro atoms. The Balaban J connectivity index is 2.46. The molecule has 3 nitrogen and oxygen atoms in total. The number of aryl methyl sites for hydroxylation is 2. The van der Waals surface area contributed by atoms with Gasteiger partial charge in [0.25, 0.3) is 6.43 Å². The molecule has 0 aliphatic heterocycles. The van der Waals surface area contributed by atoms with E-state index >= 15 is 0 Å². The smallest absolute Gasteiger partial charge is 0.250 e. The molecule has 0 unspecified atom stereocenters. The van der Waals surface area contributed by atoms with Crippen LogP contribution in [-0.2, 0) is 0 Å². The van der Waals surface area contributed by atoms with Crippen molar-refractivity contribution in [3.8, 4) is 0 Å². The predicted molar refractivity (Wildman–Crippen MR) is 55.3 cm³/mol. The standard InChI is InChI=1S/C10H17F2N3/c1-7-4-8(2)15(14-7)9(3)5-13-6-10(11)12/h4,9-10,13H,5-6H2,1-3H3/t9-/m1/s1. The van der Waals surface area contributed by atoms with Crippen LogP contribution in [0.1, 0.15) is 24.4 Å². The summed E-state index contributed by atoms with van der Waals surface area (Å²) in [5.41, 5.74) is 2.01. The third kappa shape index (κ3) is 3.58. The molecule has 1 aromatic rings. The summed E-state index contributed by atoms with van der Waals surface area (Å²) in [5.74, 6) is 0. The van der Waals surface area contributed by atoms with Crippen molar-refractivity contribution in [1.82, 2.24) is 15.1 Å². The zero-order valence-electron chi connectivity index (χ0n) is 9.30. The highest BCUT2D eigenvalue weighted by molar-refractivity contribution is 5.07. The fourth-order valence-electron chi connectivity index (χ4n) is 1.58. The lowest BCUT2D eigenvalue weighted by atomic mass is 10.3. The van der Waals surface area contributed by atoms with E-state index < -0.39 is 6.43 Å². The van der Waals surface area contributed by atoms with Crippen molar-refractivity contribution in [1.29, 1.82) is 0 Å². The van der Waals surface area contributed by atoms with E-state index in [1.54, 1.807) is 0 Å². The number of nitrogens with zero attached hydrogens (tertiary/aromatic N) is 2. The van der Waals surface area contributed by atoms with Gasteiger partial charge in [-0.25, -0.2) is 8.78 Å². The van der Waals surface area contributed by atoms with Gasteiger partial charge in [-0.2, -0.15) is 5.10 Å². The van der Waals surface area contributed by atoms with Crippen LogP contribution in [0.25, 0.3) is 0 Å². The Bertz CT molecular complexity index is 310. The second kappa shape index (κ2) is 5.21. The summed E-state index contributed by atoms with van der Waals surface area (Å²) in [6.07, 6.45) is -2.29. The van der Waals surface area contributed by atoms with Gasteiger partial charge >= 0.3 is 0 Å². The number of hydrogen-bond acceptors (Lipinski definition) is 2. The first kappa shape index (κ1) is 12.1. The third-order valence-corrected chi connectivity index (χ3v) is 2.20. The first-order chi connectivity index (χ1) is 7.00. The molecule has 1 N–H and O–H groups in total. The Hall–Kier alpha value is -0.970. The number of nitrogens with one attached hydrogen (secondary N) is 1. The van der Waals surface area contributed by atoms with Crippen LogP contribution in [0.15, 0.2) is 6.07 Å². The highest BCUT2D eigenvalue weighted by Gasteiger charge is 2.09. The molecule has 0 saturated heterocycles. The lowest BCUT2D eigenvalue weighted by Gasteiger charge is -2.14. The zero-order valence-corrected chi connectivity index (χ0v) is 9.30. The summed E-state index contributed by atoms with van der Waals surface area (Å²) in [4.78, 5) is 0. The molecule has 0 bridgehead atoms. The molecule has 0 fully saturated rings. The van der Waals surface area contributed by atoms with Crippen molar-refractivity contribution >= 4 is 0 Å². The molecule has 1 heterocycles. The van der Waals surface area contributed by atoms with E-state index in [4.69, 9.17) is 0 Å². The van der Waals surface area contributed by atoms with E-state index in [2.05, 4.69) is 10.4 Å². The summed E-state index contributed by atoms with van der Waals surface area (Å²) in [6.45, 7) is 6.08. The lowest BCUT2D eigenvalue weighted by molar-refractivity contribution is 0.144. The van der Waals surface area contributed by atoms with Gasteiger partial charge in [-0.1, -0.05) is 0 Å². The van der Waals surface area contributed by atoms with Crippen molar-refractivity contribution in [2.75, 3.05) is 13.1 Å². The molecule has 0 aromatic carbocycles. The van der Waals surface area contributed by atoms with Gasteiger partial charge in [-0.3, -0.25) is 4.68 Å². The van der Waals surface area contributed by atoms with Gasteiger partial charge in [-0.15, -0.1) is 0 Å². The minimum atomic E-state index is -2.29. The molecule has 1 atom stereocenters. The maximum Gasteiger partial charge on any atom is 0.250 e. The molecule has 0 saturated carbocycles. The Labute approximate surface area is 88.5 Å². The summed E-state index contributed by atoms with van der Waals surface area (Å²) in [7, 11) is 0. The van der Waals surface area contributed by atoms with Gasteiger partial charge in [0.2, 0.25) is 0 Å². The molecule has 1 rings (SSSR count). The molecule has 86 valence electrons. The quantitative estimate of drug-likeness (QED) is 0.816. The van der Waals surface area contributed by atoms with Crippen LogP contribution in [-0.4, -0.2) is 29.3 Å². The van der Waals surface area contributed by atoms with Crippen LogP contribution >= 0.6 is 0 Å². The van der Waals surface area contributed by atoms with Gasteiger partial charge in [0.05, 0.1) is 18.3 Å². The van der Waals surface area contributed by atoms with E-state index in [1.165, 1.54) is 0 Å². The Morgan fingerprint density at radius 2 is 2.07 bits per heavy atom. The van der Waals surface area contributed by atoms with Crippen molar-refractivity contribution in [3.05, 3.63) is 17.5 Å². The monoisotopic (exact) mass is 217 g/mol. The summed E-state index contributed by atoms with van der Waals surface area (Å²) < 4.78 is 25.6. The van der Waals surface area contributed by atoms with E-state index in [1.807, 2.05) is 31.5 Å². The second-order valence-corrected chi connectivity index (χ2v) is 3.77.